The molecular weight excluding hydrogens is 364 g/mol. The third kappa shape index (κ3) is 5.64. The Kier molecular flexibility index (Phi) is 7.76. The summed E-state index contributed by atoms with van der Waals surface area (Å²) in [6, 6.07) is 16.9. The van der Waals surface area contributed by atoms with Crippen molar-refractivity contribution in [2.45, 2.75) is 32.5 Å². The van der Waals surface area contributed by atoms with Gasteiger partial charge >= 0.3 is 0 Å². The van der Waals surface area contributed by atoms with Gasteiger partial charge in [0.1, 0.15) is 5.75 Å². The molecule has 0 aliphatic carbocycles. The van der Waals surface area contributed by atoms with Gasteiger partial charge in [-0.15, -0.1) is 0 Å². The number of rotatable bonds is 8. The van der Waals surface area contributed by atoms with Gasteiger partial charge in [0.15, 0.2) is 5.96 Å². The molecule has 0 amide bonds. The fourth-order valence-electron chi connectivity index (χ4n) is 3.64. The molecule has 1 aliphatic heterocycles. The largest absolute Gasteiger partial charge is 0.495 e. The van der Waals surface area contributed by atoms with Gasteiger partial charge in [-0.2, -0.15) is 0 Å². The predicted molar refractivity (Wildman–Crippen MR) is 119 cm³/mol. The molecule has 1 fully saturated rings. The number of nitrogens with zero attached hydrogens (tertiary/aromatic N) is 2. The summed E-state index contributed by atoms with van der Waals surface area (Å²) < 4.78 is 11.1. The first-order chi connectivity index (χ1) is 14.2. The summed E-state index contributed by atoms with van der Waals surface area (Å²) in [6.45, 7) is 5.99. The summed E-state index contributed by atoms with van der Waals surface area (Å²) >= 11 is 0. The lowest BCUT2D eigenvalue weighted by Crippen LogP contribution is -2.44. The number of benzene rings is 2. The molecule has 6 nitrogen and oxygen atoms in total. The molecule has 0 bridgehead atoms. The highest BCUT2D eigenvalue weighted by Gasteiger charge is 2.25. The van der Waals surface area contributed by atoms with E-state index in [4.69, 9.17) is 9.47 Å². The molecule has 29 heavy (non-hydrogen) atoms. The van der Waals surface area contributed by atoms with Crippen LogP contribution in [0.3, 0.4) is 0 Å². The van der Waals surface area contributed by atoms with Crippen LogP contribution in [0.2, 0.25) is 0 Å². The lowest BCUT2D eigenvalue weighted by Gasteiger charge is -2.22. The van der Waals surface area contributed by atoms with Crippen LogP contribution in [0.4, 0.5) is 5.69 Å². The van der Waals surface area contributed by atoms with Crippen molar-refractivity contribution in [3.63, 3.8) is 0 Å². The normalized spacial score (nSPS) is 16.7. The van der Waals surface area contributed by atoms with E-state index in [9.17, 15) is 0 Å². The quantitative estimate of drug-likeness (QED) is 0.530. The minimum absolute atomic E-state index is 0.338. The van der Waals surface area contributed by atoms with Crippen molar-refractivity contribution in [1.29, 1.82) is 0 Å². The third-order valence-corrected chi connectivity index (χ3v) is 5.20. The van der Waals surface area contributed by atoms with Gasteiger partial charge in [0.25, 0.3) is 0 Å². The van der Waals surface area contributed by atoms with Crippen molar-refractivity contribution >= 4 is 11.6 Å². The second kappa shape index (κ2) is 10.7. The van der Waals surface area contributed by atoms with E-state index in [1.807, 2.05) is 26.1 Å². The summed E-state index contributed by atoms with van der Waals surface area (Å²) in [6.07, 6.45) is 1.06. The molecule has 1 unspecified atom stereocenters. The molecule has 2 aromatic rings. The average molecular weight is 397 g/mol. The van der Waals surface area contributed by atoms with E-state index in [1.165, 1.54) is 11.1 Å². The molecule has 156 valence electrons. The standard InChI is InChI=1S/C23H32N4O2/c1-4-29-17-19-10-6-5-9-18(19)15-25-23(24-2)26-20-13-14-27(16-20)21-11-7-8-12-22(21)28-3/h5-12,20H,4,13-17H2,1-3H3,(H2,24,25,26). The van der Waals surface area contributed by atoms with Gasteiger partial charge in [0.05, 0.1) is 19.4 Å². The molecule has 2 N–H and O–H groups in total. The Bertz CT molecular complexity index is 809. The number of para-hydroxylation sites is 2. The van der Waals surface area contributed by atoms with Gasteiger partial charge in [0.2, 0.25) is 0 Å². The molecule has 1 heterocycles. The van der Waals surface area contributed by atoms with Crippen molar-refractivity contribution in [2.24, 2.45) is 4.99 Å². The van der Waals surface area contributed by atoms with Crippen LogP contribution in [0.1, 0.15) is 24.5 Å². The molecule has 1 aliphatic rings. The SMILES string of the molecule is CCOCc1ccccc1CNC(=NC)NC1CCN(c2ccccc2OC)C1. The van der Waals surface area contributed by atoms with E-state index in [0.717, 1.165) is 43.5 Å². The molecular formula is C23H32N4O2. The maximum Gasteiger partial charge on any atom is 0.191 e. The number of guanidine groups is 1. The van der Waals surface area contributed by atoms with E-state index >= 15 is 0 Å². The summed E-state index contributed by atoms with van der Waals surface area (Å²) in [7, 11) is 3.54. The monoisotopic (exact) mass is 396 g/mol. The highest BCUT2D eigenvalue weighted by molar-refractivity contribution is 5.80. The molecule has 0 radical (unpaired) electrons. The Balaban J connectivity index is 1.55. The van der Waals surface area contributed by atoms with E-state index in [-0.39, 0.29) is 0 Å². The van der Waals surface area contributed by atoms with Gasteiger partial charge < -0.3 is 25.0 Å². The van der Waals surface area contributed by atoms with Crippen LogP contribution in [0.5, 0.6) is 5.75 Å². The summed E-state index contributed by atoms with van der Waals surface area (Å²) in [5.41, 5.74) is 3.58. The molecule has 2 aromatic carbocycles. The van der Waals surface area contributed by atoms with E-state index < -0.39 is 0 Å². The summed E-state index contributed by atoms with van der Waals surface area (Å²) in [4.78, 5) is 6.77. The first-order valence-electron chi connectivity index (χ1n) is 10.2. The van der Waals surface area contributed by atoms with Crippen molar-refractivity contribution in [3.8, 4) is 5.75 Å². The Morgan fingerprint density at radius 2 is 1.90 bits per heavy atom. The number of methoxy groups -OCH3 is 1. The Hall–Kier alpha value is -2.73. The Morgan fingerprint density at radius 3 is 2.66 bits per heavy atom. The van der Waals surface area contributed by atoms with Crippen molar-refractivity contribution in [3.05, 3.63) is 59.7 Å². The van der Waals surface area contributed by atoms with Crippen LogP contribution in [-0.2, 0) is 17.9 Å². The number of hydrogen-bond donors (Lipinski definition) is 2. The number of hydrogen-bond acceptors (Lipinski definition) is 4. The maximum atomic E-state index is 5.58. The predicted octanol–water partition coefficient (Wildman–Crippen LogP) is 3.18. The lowest BCUT2D eigenvalue weighted by molar-refractivity contribution is 0.133. The molecule has 1 atom stereocenters. The number of ether oxygens (including phenoxy) is 2. The van der Waals surface area contributed by atoms with Gasteiger partial charge in [-0.3, -0.25) is 4.99 Å². The zero-order chi connectivity index (χ0) is 20.5. The van der Waals surface area contributed by atoms with E-state index in [1.54, 1.807) is 7.11 Å². The first kappa shape index (κ1) is 21.0. The fraction of sp³-hybridized carbons (Fsp3) is 0.435. The molecule has 3 rings (SSSR count). The average Bonchev–Trinajstić information content (AvgIpc) is 3.24. The molecule has 1 saturated heterocycles. The van der Waals surface area contributed by atoms with Crippen LogP contribution >= 0.6 is 0 Å². The zero-order valence-electron chi connectivity index (χ0n) is 17.6. The second-order valence-corrected chi connectivity index (χ2v) is 7.08. The minimum Gasteiger partial charge on any atom is -0.495 e. The molecule has 6 heteroatoms. The van der Waals surface area contributed by atoms with Crippen LogP contribution in [-0.4, -0.2) is 45.9 Å². The van der Waals surface area contributed by atoms with Crippen LogP contribution in [0.25, 0.3) is 0 Å². The lowest BCUT2D eigenvalue weighted by atomic mass is 10.1. The second-order valence-electron chi connectivity index (χ2n) is 7.08. The fourth-order valence-corrected chi connectivity index (χ4v) is 3.64. The first-order valence-corrected chi connectivity index (χ1v) is 10.2. The van der Waals surface area contributed by atoms with E-state index in [0.29, 0.717) is 19.2 Å². The highest BCUT2D eigenvalue weighted by atomic mass is 16.5. The van der Waals surface area contributed by atoms with Crippen LogP contribution < -0.4 is 20.3 Å². The number of aliphatic imine (C=N–C) groups is 1. The zero-order valence-corrected chi connectivity index (χ0v) is 17.6. The minimum atomic E-state index is 0.338. The van der Waals surface area contributed by atoms with E-state index in [2.05, 4.69) is 56.9 Å². The summed E-state index contributed by atoms with van der Waals surface area (Å²) in [5, 5.41) is 7.01. The maximum absolute atomic E-state index is 5.58. The van der Waals surface area contributed by atoms with Crippen LogP contribution in [0.15, 0.2) is 53.5 Å². The van der Waals surface area contributed by atoms with Crippen molar-refractivity contribution in [1.82, 2.24) is 10.6 Å². The van der Waals surface area contributed by atoms with Crippen molar-refractivity contribution in [2.75, 3.05) is 38.8 Å². The van der Waals surface area contributed by atoms with Gasteiger partial charge in [0, 0.05) is 39.3 Å². The summed E-state index contributed by atoms with van der Waals surface area (Å²) in [5.74, 6) is 1.74. The smallest absolute Gasteiger partial charge is 0.191 e. The molecule has 0 aromatic heterocycles. The van der Waals surface area contributed by atoms with Crippen molar-refractivity contribution < 1.29 is 9.47 Å². The molecule has 0 saturated carbocycles. The van der Waals surface area contributed by atoms with Gasteiger partial charge in [-0.1, -0.05) is 36.4 Å². The Morgan fingerprint density at radius 1 is 1.14 bits per heavy atom. The Labute approximate surface area is 173 Å². The molecule has 0 spiro atoms. The number of nitrogens with one attached hydrogen (secondary N) is 2. The third-order valence-electron chi connectivity index (χ3n) is 5.20. The van der Waals surface area contributed by atoms with Crippen LogP contribution in [0, 0.1) is 0 Å². The number of anilines is 1. The van der Waals surface area contributed by atoms with Gasteiger partial charge in [-0.05, 0) is 36.6 Å². The topological polar surface area (TPSA) is 58.1 Å². The van der Waals surface area contributed by atoms with Gasteiger partial charge in [-0.25, -0.2) is 0 Å². The highest BCUT2D eigenvalue weighted by Crippen LogP contribution is 2.30.